The Balaban J connectivity index is 1.86. The van der Waals surface area contributed by atoms with E-state index in [2.05, 4.69) is 15.5 Å². The molecule has 3 aromatic carbocycles. The van der Waals surface area contributed by atoms with Crippen LogP contribution in [0, 0.1) is 0 Å². The van der Waals surface area contributed by atoms with Crippen LogP contribution in [-0.4, -0.2) is 21.2 Å². The molecular weight excluding hydrogens is 326 g/mol. The number of nitrogens with one attached hydrogen (secondary N) is 2. The molecular formula is C21H17N3O2. The van der Waals surface area contributed by atoms with E-state index in [4.69, 9.17) is 0 Å². The zero-order chi connectivity index (χ0) is 17.9. The van der Waals surface area contributed by atoms with Crippen molar-refractivity contribution in [2.24, 2.45) is 0 Å². The molecule has 0 saturated heterocycles. The average Bonchev–Trinajstić information content (AvgIpc) is 3.22. The number of aromatic nitrogens is 2. The molecule has 4 rings (SSSR count). The summed E-state index contributed by atoms with van der Waals surface area (Å²) in [5.41, 5.74) is 1.92. The fourth-order valence-electron chi connectivity index (χ4n) is 3.15. The van der Waals surface area contributed by atoms with E-state index in [1.165, 1.54) is 6.20 Å². The van der Waals surface area contributed by atoms with E-state index in [1.807, 2.05) is 60.7 Å². The first-order valence-electron chi connectivity index (χ1n) is 8.30. The zero-order valence-corrected chi connectivity index (χ0v) is 13.9. The van der Waals surface area contributed by atoms with Crippen molar-refractivity contribution in [3.05, 3.63) is 95.8 Å². The summed E-state index contributed by atoms with van der Waals surface area (Å²) in [6.07, 6.45) is 1.53. The molecule has 1 amide bonds. The van der Waals surface area contributed by atoms with Gasteiger partial charge < -0.3 is 10.4 Å². The van der Waals surface area contributed by atoms with Gasteiger partial charge in [0.15, 0.2) is 0 Å². The van der Waals surface area contributed by atoms with Gasteiger partial charge in [-0.2, -0.15) is 5.10 Å². The number of carbonyl (C=O) groups is 1. The van der Waals surface area contributed by atoms with Gasteiger partial charge in [0.2, 0.25) is 0 Å². The number of rotatable bonds is 4. The van der Waals surface area contributed by atoms with Crippen molar-refractivity contribution in [1.29, 1.82) is 0 Å². The van der Waals surface area contributed by atoms with E-state index in [1.54, 1.807) is 12.1 Å². The number of carbonyl (C=O) groups excluding carboxylic acids is 1. The molecule has 0 spiro atoms. The Morgan fingerprint density at radius 2 is 1.73 bits per heavy atom. The van der Waals surface area contributed by atoms with Crippen LogP contribution in [0.4, 0.5) is 0 Å². The number of amides is 1. The highest BCUT2D eigenvalue weighted by atomic mass is 16.3. The van der Waals surface area contributed by atoms with E-state index in [-0.39, 0.29) is 11.7 Å². The van der Waals surface area contributed by atoms with Crippen LogP contribution in [0.5, 0.6) is 5.75 Å². The summed E-state index contributed by atoms with van der Waals surface area (Å²) in [6, 6.07) is 22.0. The second kappa shape index (κ2) is 6.72. The Morgan fingerprint density at radius 3 is 2.50 bits per heavy atom. The van der Waals surface area contributed by atoms with Crippen molar-refractivity contribution in [3.8, 4) is 5.75 Å². The molecule has 0 aliphatic heterocycles. The Labute approximate surface area is 150 Å². The lowest BCUT2D eigenvalue weighted by Crippen LogP contribution is -2.29. The number of H-pyrrole nitrogens is 1. The Kier molecular flexibility index (Phi) is 4.11. The van der Waals surface area contributed by atoms with Crippen LogP contribution in [0.1, 0.15) is 27.7 Å². The molecule has 1 heterocycles. The summed E-state index contributed by atoms with van der Waals surface area (Å²) in [4.78, 5) is 12.6. The standard InChI is InChI=1S/C21H17N3O2/c25-18-11-10-14-6-4-5-9-16(14)19(18)20(15-7-2-1-3-8-15)23-21(26)17-12-13-22-24-17/h1-13,20,25H,(H,22,24)(H,23,26)/t20-/m1/s1. The summed E-state index contributed by atoms with van der Waals surface area (Å²) >= 11 is 0. The maximum absolute atomic E-state index is 12.6. The smallest absolute Gasteiger partial charge is 0.270 e. The molecule has 1 aromatic heterocycles. The van der Waals surface area contributed by atoms with Gasteiger partial charge in [-0.3, -0.25) is 9.89 Å². The maximum atomic E-state index is 12.6. The van der Waals surface area contributed by atoms with Crippen molar-refractivity contribution in [2.45, 2.75) is 6.04 Å². The lowest BCUT2D eigenvalue weighted by atomic mass is 9.92. The summed E-state index contributed by atoms with van der Waals surface area (Å²) in [5, 5.41) is 22.0. The van der Waals surface area contributed by atoms with Gasteiger partial charge in [-0.15, -0.1) is 0 Å². The Bertz CT molecular complexity index is 1040. The van der Waals surface area contributed by atoms with Crippen molar-refractivity contribution in [1.82, 2.24) is 15.5 Å². The fourth-order valence-corrected chi connectivity index (χ4v) is 3.15. The number of aromatic amines is 1. The molecule has 0 unspecified atom stereocenters. The first kappa shape index (κ1) is 15.9. The minimum Gasteiger partial charge on any atom is -0.508 e. The van der Waals surface area contributed by atoms with Crippen molar-refractivity contribution < 1.29 is 9.90 Å². The van der Waals surface area contributed by atoms with Gasteiger partial charge in [0.25, 0.3) is 5.91 Å². The minimum absolute atomic E-state index is 0.141. The lowest BCUT2D eigenvalue weighted by molar-refractivity contribution is 0.0938. The number of hydrogen-bond acceptors (Lipinski definition) is 3. The molecule has 128 valence electrons. The molecule has 5 heteroatoms. The Hall–Kier alpha value is -3.60. The van der Waals surface area contributed by atoms with Crippen LogP contribution in [0.3, 0.4) is 0 Å². The molecule has 0 fully saturated rings. The summed E-state index contributed by atoms with van der Waals surface area (Å²) in [7, 11) is 0. The van der Waals surface area contributed by atoms with Gasteiger partial charge in [-0.05, 0) is 28.5 Å². The van der Waals surface area contributed by atoms with E-state index in [9.17, 15) is 9.90 Å². The third-order valence-electron chi connectivity index (χ3n) is 4.39. The number of nitrogens with zero attached hydrogens (tertiary/aromatic N) is 1. The number of benzene rings is 3. The predicted molar refractivity (Wildman–Crippen MR) is 100.0 cm³/mol. The second-order valence-electron chi connectivity index (χ2n) is 6.01. The number of phenols is 1. The van der Waals surface area contributed by atoms with Crippen LogP contribution in [0.25, 0.3) is 10.8 Å². The summed E-state index contributed by atoms with van der Waals surface area (Å²) in [5.74, 6) is -0.147. The van der Waals surface area contributed by atoms with E-state index in [0.29, 0.717) is 11.3 Å². The zero-order valence-electron chi connectivity index (χ0n) is 13.9. The fraction of sp³-hybridized carbons (Fsp3) is 0.0476. The Morgan fingerprint density at radius 1 is 0.962 bits per heavy atom. The average molecular weight is 343 g/mol. The monoisotopic (exact) mass is 343 g/mol. The topological polar surface area (TPSA) is 78.0 Å². The van der Waals surface area contributed by atoms with Crippen LogP contribution < -0.4 is 5.32 Å². The van der Waals surface area contributed by atoms with Crippen LogP contribution in [0.2, 0.25) is 0 Å². The first-order chi connectivity index (χ1) is 12.7. The number of hydrogen-bond donors (Lipinski definition) is 3. The first-order valence-corrected chi connectivity index (χ1v) is 8.30. The van der Waals surface area contributed by atoms with Crippen molar-refractivity contribution in [2.75, 3.05) is 0 Å². The molecule has 26 heavy (non-hydrogen) atoms. The molecule has 0 radical (unpaired) electrons. The molecule has 4 aromatic rings. The van der Waals surface area contributed by atoms with Gasteiger partial charge >= 0.3 is 0 Å². The molecule has 0 saturated carbocycles. The van der Waals surface area contributed by atoms with E-state index >= 15 is 0 Å². The number of aromatic hydroxyl groups is 1. The number of phenolic OH excluding ortho intramolecular Hbond substituents is 1. The lowest BCUT2D eigenvalue weighted by Gasteiger charge is -2.22. The largest absolute Gasteiger partial charge is 0.508 e. The highest BCUT2D eigenvalue weighted by Crippen LogP contribution is 2.35. The predicted octanol–water partition coefficient (Wildman–Crippen LogP) is 3.79. The van der Waals surface area contributed by atoms with Gasteiger partial charge in [0.1, 0.15) is 11.4 Å². The van der Waals surface area contributed by atoms with Crippen molar-refractivity contribution >= 4 is 16.7 Å². The van der Waals surface area contributed by atoms with Gasteiger partial charge in [0.05, 0.1) is 6.04 Å². The minimum atomic E-state index is -0.502. The summed E-state index contributed by atoms with van der Waals surface area (Å²) in [6.45, 7) is 0. The SMILES string of the molecule is O=C(N[C@H](c1ccccc1)c1c(O)ccc2ccccc12)c1ccn[nH]1. The molecule has 1 atom stereocenters. The third-order valence-corrected chi connectivity index (χ3v) is 4.39. The van der Waals surface area contributed by atoms with Gasteiger partial charge in [0, 0.05) is 11.8 Å². The molecule has 0 bridgehead atoms. The van der Waals surface area contributed by atoms with Crippen LogP contribution in [0.15, 0.2) is 79.0 Å². The quantitative estimate of drug-likeness (QED) is 0.527. The summed E-state index contributed by atoms with van der Waals surface area (Å²) < 4.78 is 0. The molecule has 5 nitrogen and oxygen atoms in total. The van der Waals surface area contributed by atoms with Gasteiger partial charge in [-0.1, -0.05) is 60.7 Å². The molecule has 0 aliphatic rings. The van der Waals surface area contributed by atoms with E-state index < -0.39 is 6.04 Å². The number of fused-ring (bicyclic) bond motifs is 1. The molecule has 0 aliphatic carbocycles. The maximum Gasteiger partial charge on any atom is 0.270 e. The highest BCUT2D eigenvalue weighted by Gasteiger charge is 2.23. The van der Waals surface area contributed by atoms with Gasteiger partial charge in [-0.25, -0.2) is 0 Å². The van der Waals surface area contributed by atoms with Crippen molar-refractivity contribution in [3.63, 3.8) is 0 Å². The third kappa shape index (κ3) is 2.91. The van der Waals surface area contributed by atoms with E-state index in [0.717, 1.165) is 16.3 Å². The van der Waals surface area contributed by atoms with Crippen LogP contribution >= 0.6 is 0 Å². The molecule has 3 N–H and O–H groups in total. The van der Waals surface area contributed by atoms with Crippen LogP contribution in [-0.2, 0) is 0 Å². The normalized spacial score (nSPS) is 12.0. The highest BCUT2D eigenvalue weighted by molar-refractivity contribution is 5.94. The second-order valence-corrected chi connectivity index (χ2v) is 6.01.